The van der Waals surface area contributed by atoms with Crippen LogP contribution in [0.2, 0.25) is 5.02 Å². The molecule has 0 saturated carbocycles. The maximum atomic E-state index is 11.2. The zero-order valence-corrected chi connectivity index (χ0v) is 16.9. The zero-order valence-electron chi connectivity index (χ0n) is 16.1. The highest BCUT2D eigenvalue weighted by Gasteiger charge is 2.11. The second-order valence-electron chi connectivity index (χ2n) is 6.88. The summed E-state index contributed by atoms with van der Waals surface area (Å²) in [6.07, 6.45) is 0. The van der Waals surface area contributed by atoms with E-state index in [1.807, 2.05) is 54.6 Å². The summed E-state index contributed by atoms with van der Waals surface area (Å²) in [6, 6.07) is 26.5. The molecule has 0 aliphatic carbocycles. The van der Waals surface area contributed by atoms with Gasteiger partial charge in [0.25, 0.3) is 0 Å². The summed E-state index contributed by atoms with van der Waals surface area (Å²) >= 11 is 6.27. The molecule has 0 spiro atoms. The number of anilines is 1. The number of rotatable bonds is 7. The first-order chi connectivity index (χ1) is 14.6. The summed E-state index contributed by atoms with van der Waals surface area (Å²) in [5, 5.41) is 15.4. The second-order valence-corrected chi connectivity index (χ2v) is 7.29. The SMILES string of the molecule is O=C(O)c1cccc(NCc2c(OCc3ccccc3Cl)ccc3ccccc23)c1. The van der Waals surface area contributed by atoms with Gasteiger partial charge < -0.3 is 15.2 Å². The molecule has 2 N–H and O–H groups in total. The lowest BCUT2D eigenvalue weighted by Crippen LogP contribution is -2.06. The largest absolute Gasteiger partial charge is 0.488 e. The van der Waals surface area contributed by atoms with E-state index < -0.39 is 5.97 Å². The molecule has 0 aliphatic heterocycles. The maximum absolute atomic E-state index is 11.2. The quantitative estimate of drug-likeness (QED) is 0.366. The molecule has 150 valence electrons. The maximum Gasteiger partial charge on any atom is 0.335 e. The van der Waals surface area contributed by atoms with Crippen molar-refractivity contribution in [1.82, 2.24) is 0 Å². The van der Waals surface area contributed by atoms with Crippen LogP contribution in [0.1, 0.15) is 21.5 Å². The van der Waals surface area contributed by atoms with E-state index in [-0.39, 0.29) is 5.56 Å². The van der Waals surface area contributed by atoms with Crippen molar-refractivity contribution in [2.24, 2.45) is 0 Å². The molecule has 0 fully saturated rings. The van der Waals surface area contributed by atoms with Crippen molar-refractivity contribution in [3.05, 3.63) is 107 Å². The molecule has 0 atom stereocenters. The summed E-state index contributed by atoms with van der Waals surface area (Å²) in [4.78, 5) is 11.2. The highest BCUT2D eigenvalue weighted by Crippen LogP contribution is 2.30. The van der Waals surface area contributed by atoms with Crippen molar-refractivity contribution in [3.8, 4) is 5.75 Å². The van der Waals surface area contributed by atoms with Crippen molar-refractivity contribution in [2.75, 3.05) is 5.32 Å². The number of aromatic carboxylic acids is 1. The van der Waals surface area contributed by atoms with E-state index in [0.717, 1.165) is 33.3 Å². The first-order valence-electron chi connectivity index (χ1n) is 9.56. The van der Waals surface area contributed by atoms with Crippen LogP contribution in [-0.2, 0) is 13.2 Å². The van der Waals surface area contributed by atoms with Gasteiger partial charge in [0.2, 0.25) is 0 Å². The molecule has 4 aromatic rings. The molecule has 0 bridgehead atoms. The van der Waals surface area contributed by atoms with Gasteiger partial charge in [-0.1, -0.05) is 66.2 Å². The topological polar surface area (TPSA) is 58.6 Å². The zero-order chi connectivity index (χ0) is 20.9. The third-order valence-electron chi connectivity index (χ3n) is 4.92. The minimum absolute atomic E-state index is 0.244. The number of halogens is 1. The molecule has 0 unspecified atom stereocenters. The van der Waals surface area contributed by atoms with Crippen LogP contribution in [0.4, 0.5) is 5.69 Å². The number of carbonyl (C=O) groups is 1. The molecule has 5 heteroatoms. The van der Waals surface area contributed by atoms with Gasteiger partial charge in [-0.25, -0.2) is 4.79 Å². The van der Waals surface area contributed by atoms with Crippen LogP contribution in [-0.4, -0.2) is 11.1 Å². The van der Waals surface area contributed by atoms with E-state index in [1.165, 1.54) is 0 Å². The van der Waals surface area contributed by atoms with Gasteiger partial charge in [-0.3, -0.25) is 0 Å². The van der Waals surface area contributed by atoms with Crippen LogP contribution >= 0.6 is 11.6 Å². The standard InChI is InChI=1S/C25H20ClNO3/c26-23-11-4-2-7-19(23)16-30-24-13-12-17-6-1-3-10-21(17)22(24)15-27-20-9-5-8-18(14-20)25(28)29/h1-14,27H,15-16H2,(H,28,29). The Hall–Kier alpha value is -3.50. The van der Waals surface area contributed by atoms with E-state index in [4.69, 9.17) is 16.3 Å². The van der Waals surface area contributed by atoms with Crippen LogP contribution < -0.4 is 10.1 Å². The average Bonchev–Trinajstić information content (AvgIpc) is 2.77. The molecule has 30 heavy (non-hydrogen) atoms. The Morgan fingerprint density at radius 3 is 2.57 bits per heavy atom. The highest BCUT2D eigenvalue weighted by atomic mass is 35.5. The average molecular weight is 418 g/mol. The minimum atomic E-state index is -0.951. The second kappa shape index (κ2) is 8.89. The van der Waals surface area contributed by atoms with Gasteiger partial charge in [0.05, 0.1) is 5.56 Å². The molecule has 0 aliphatic rings. The lowest BCUT2D eigenvalue weighted by Gasteiger charge is -2.16. The van der Waals surface area contributed by atoms with Gasteiger partial charge in [0, 0.05) is 28.4 Å². The fourth-order valence-electron chi connectivity index (χ4n) is 3.36. The molecule has 0 heterocycles. The number of hydrogen-bond acceptors (Lipinski definition) is 3. The molecular formula is C25H20ClNO3. The Kier molecular flexibility index (Phi) is 5.87. The summed E-state index contributed by atoms with van der Waals surface area (Å²) in [5.74, 6) is -0.192. The lowest BCUT2D eigenvalue weighted by atomic mass is 10.0. The number of carboxylic acids is 1. The number of nitrogens with one attached hydrogen (secondary N) is 1. The van der Waals surface area contributed by atoms with E-state index in [1.54, 1.807) is 18.2 Å². The van der Waals surface area contributed by atoms with Crippen molar-refractivity contribution in [2.45, 2.75) is 13.2 Å². The molecule has 0 radical (unpaired) electrons. The number of fused-ring (bicyclic) bond motifs is 1. The Bertz CT molecular complexity index is 1210. The number of ether oxygens (including phenoxy) is 1. The fraction of sp³-hybridized carbons (Fsp3) is 0.0800. The van der Waals surface area contributed by atoms with Gasteiger partial charge in [-0.15, -0.1) is 0 Å². The molecule has 4 aromatic carbocycles. The van der Waals surface area contributed by atoms with E-state index in [2.05, 4.69) is 17.4 Å². The predicted octanol–water partition coefficient (Wildman–Crippen LogP) is 6.38. The predicted molar refractivity (Wildman–Crippen MR) is 120 cm³/mol. The molecule has 4 rings (SSSR count). The Morgan fingerprint density at radius 2 is 1.73 bits per heavy atom. The minimum Gasteiger partial charge on any atom is -0.488 e. The molecule has 0 saturated heterocycles. The highest BCUT2D eigenvalue weighted by molar-refractivity contribution is 6.31. The van der Waals surface area contributed by atoms with Gasteiger partial charge in [0.1, 0.15) is 12.4 Å². The monoisotopic (exact) mass is 417 g/mol. The van der Waals surface area contributed by atoms with Crippen molar-refractivity contribution in [3.63, 3.8) is 0 Å². The van der Waals surface area contributed by atoms with Gasteiger partial charge in [0.15, 0.2) is 0 Å². The van der Waals surface area contributed by atoms with Crippen LogP contribution in [0.3, 0.4) is 0 Å². The summed E-state index contributed by atoms with van der Waals surface area (Å²) in [5.41, 5.74) is 2.90. The van der Waals surface area contributed by atoms with Gasteiger partial charge in [-0.05, 0) is 41.1 Å². The summed E-state index contributed by atoms with van der Waals surface area (Å²) in [7, 11) is 0. The van der Waals surface area contributed by atoms with Crippen LogP contribution in [0.25, 0.3) is 10.8 Å². The number of carboxylic acid groups (broad SMARTS) is 1. The Labute approximate surface area is 179 Å². The first kappa shape index (κ1) is 19.8. The molecule has 0 aromatic heterocycles. The smallest absolute Gasteiger partial charge is 0.335 e. The third kappa shape index (κ3) is 4.39. The van der Waals surface area contributed by atoms with Crippen molar-refractivity contribution in [1.29, 1.82) is 0 Å². The van der Waals surface area contributed by atoms with Crippen LogP contribution in [0.15, 0.2) is 84.9 Å². The molecule has 0 amide bonds. The van der Waals surface area contributed by atoms with Gasteiger partial charge >= 0.3 is 5.97 Å². The number of benzene rings is 4. The Balaban J connectivity index is 1.63. The summed E-state index contributed by atoms with van der Waals surface area (Å²) < 4.78 is 6.14. The molecular weight excluding hydrogens is 398 g/mol. The fourth-order valence-corrected chi connectivity index (χ4v) is 3.55. The lowest BCUT2D eigenvalue weighted by molar-refractivity contribution is 0.0697. The van der Waals surface area contributed by atoms with Crippen molar-refractivity contribution < 1.29 is 14.6 Å². The number of hydrogen-bond donors (Lipinski definition) is 2. The molecule has 4 nitrogen and oxygen atoms in total. The van der Waals surface area contributed by atoms with Gasteiger partial charge in [-0.2, -0.15) is 0 Å². The van der Waals surface area contributed by atoms with Crippen LogP contribution in [0, 0.1) is 0 Å². The van der Waals surface area contributed by atoms with Crippen molar-refractivity contribution >= 4 is 34.0 Å². The Morgan fingerprint density at radius 1 is 0.933 bits per heavy atom. The normalized spacial score (nSPS) is 10.7. The first-order valence-corrected chi connectivity index (χ1v) is 9.93. The van der Waals surface area contributed by atoms with E-state index in [0.29, 0.717) is 18.2 Å². The van der Waals surface area contributed by atoms with E-state index >= 15 is 0 Å². The van der Waals surface area contributed by atoms with E-state index in [9.17, 15) is 9.90 Å². The summed E-state index contributed by atoms with van der Waals surface area (Å²) in [6.45, 7) is 0.849. The van der Waals surface area contributed by atoms with Crippen LogP contribution in [0.5, 0.6) is 5.75 Å². The third-order valence-corrected chi connectivity index (χ3v) is 5.29.